The van der Waals surface area contributed by atoms with Crippen LogP contribution in [0.3, 0.4) is 0 Å². The van der Waals surface area contributed by atoms with Crippen LogP contribution in [0.1, 0.15) is 37.7 Å². The lowest BCUT2D eigenvalue weighted by atomic mass is 10.1. The molecule has 4 rings (SSSR count). The summed E-state index contributed by atoms with van der Waals surface area (Å²) >= 11 is 0. The van der Waals surface area contributed by atoms with Gasteiger partial charge in [-0.05, 0) is 48.9 Å². The lowest BCUT2D eigenvalue weighted by molar-refractivity contribution is 0.0372. The van der Waals surface area contributed by atoms with Crippen LogP contribution in [0, 0.1) is 5.92 Å². The molecule has 2 fully saturated rings. The zero-order valence-corrected chi connectivity index (χ0v) is 22.6. The van der Waals surface area contributed by atoms with Crippen LogP contribution in [-0.2, 0) is 25.9 Å². The number of carbonyl (C=O) groups excluding carboxylic acids is 1. The smallest absolute Gasteiger partial charge is 0.410 e. The van der Waals surface area contributed by atoms with E-state index in [0.29, 0.717) is 44.8 Å². The number of nitrogens with zero attached hydrogens (tertiary/aromatic N) is 2. The van der Waals surface area contributed by atoms with Gasteiger partial charge in [0.1, 0.15) is 6.10 Å². The van der Waals surface area contributed by atoms with E-state index >= 15 is 0 Å². The molecule has 1 saturated heterocycles. The number of hydrogen-bond donors (Lipinski definition) is 2. The summed E-state index contributed by atoms with van der Waals surface area (Å²) in [7, 11) is -3.89. The first kappa shape index (κ1) is 28.4. The van der Waals surface area contributed by atoms with Crippen LogP contribution in [0.4, 0.5) is 10.5 Å². The van der Waals surface area contributed by atoms with Crippen LogP contribution in [0.25, 0.3) is 0 Å². The van der Waals surface area contributed by atoms with Gasteiger partial charge in [-0.3, -0.25) is 0 Å². The number of amides is 1. The molecule has 2 atom stereocenters. The number of aliphatic hydroxyl groups is 1. The molecule has 1 heterocycles. The molecule has 208 valence electrons. The van der Waals surface area contributed by atoms with E-state index in [9.17, 15) is 18.3 Å². The van der Waals surface area contributed by atoms with Gasteiger partial charge in [-0.15, -0.1) is 0 Å². The summed E-state index contributed by atoms with van der Waals surface area (Å²) in [4.78, 5) is 14.6. The highest BCUT2D eigenvalue weighted by atomic mass is 32.2. The second-order valence-electron chi connectivity index (χ2n) is 10.2. The predicted molar refractivity (Wildman–Crippen MR) is 145 cm³/mol. The molecular weight excluding hydrogens is 506 g/mol. The largest absolute Gasteiger partial charge is 0.444 e. The Morgan fingerprint density at radius 1 is 1.08 bits per heavy atom. The molecule has 0 bridgehead atoms. The molecule has 1 aliphatic heterocycles. The first-order valence-electron chi connectivity index (χ1n) is 13.4. The van der Waals surface area contributed by atoms with Crippen molar-refractivity contribution < 1.29 is 27.8 Å². The molecular formula is C28H39N3O6S. The summed E-state index contributed by atoms with van der Waals surface area (Å²) in [5.41, 5.74) is 7.28. The highest BCUT2D eigenvalue weighted by Gasteiger charge is 2.32. The lowest BCUT2D eigenvalue weighted by Crippen LogP contribution is -2.46. The van der Waals surface area contributed by atoms with Crippen molar-refractivity contribution in [3.05, 3.63) is 60.2 Å². The van der Waals surface area contributed by atoms with Crippen LogP contribution in [0.15, 0.2) is 59.5 Å². The number of hydrogen-bond acceptors (Lipinski definition) is 7. The number of carbonyl (C=O) groups is 1. The summed E-state index contributed by atoms with van der Waals surface area (Å²) < 4.78 is 39.5. The topological polar surface area (TPSA) is 122 Å². The fraction of sp³-hybridized carbons (Fsp3) is 0.536. The Balaban J connectivity index is 1.48. The van der Waals surface area contributed by atoms with E-state index in [-0.39, 0.29) is 30.0 Å². The molecule has 9 nitrogen and oxygen atoms in total. The quantitative estimate of drug-likeness (QED) is 0.393. The Morgan fingerprint density at radius 2 is 1.84 bits per heavy atom. The Morgan fingerprint density at radius 3 is 2.53 bits per heavy atom. The Bertz CT molecular complexity index is 1130. The zero-order valence-electron chi connectivity index (χ0n) is 21.8. The second-order valence-corrected chi connectivity index (χ2v) is 12.2. The van der Waals surface area contributed by atoms with Crippen molar-refractivity contribution >= 4 is 21.8 Å². The molecule has 1 saturated carbocycles. The van der Waals surface area contributed by atoms with Gasteiger partial charge in [0.15, 0.2) is 0 Å². The van der Waals surface area contributed by atoms with Gasteiger partial charge in [0.2, 0.25) is 10.0 Å². The number of aliphatic hydroxyl groups excluding tert-OH is 1. The molecule has 38 heavy (non-hydrogen) atoms. The Labute approximate surface area is 225 Å². The zero-order chi connectivity index (χ0) is 27.0. The standard InChI is InChI=1S/C28H39N3O6S/c29-24-11-6-12-27(17-24)38(34,35)31(18-23-9-4-5-10-23)20-25(32)19-30(15-13-22-7-2-1-3-8-22)28(33)37-26-14-16-36-21-26/h1-3,6-8,11-12,17,23,25-26,32H,4-5,9-10,13-16,18-21,29H2/t25-,26-/m0/s1. The fourth-order valence-corrected chi connectivity index (χ4v) is 6.72. The Kier molecular flexibility index (Phi) is 10.0. The molecule has 0 spiro atoms. The van der Waals surface area contributed by atoms with E-state index in [1.165, 1.54) is 21.3 Å². The molecule has 2 aromatic rings. The maximum atomic E-state index is 13.6. The van der Waals surface area contributed by atoms with Gasteiger partial charge in [-0.1, -0.05) is 49.2 Å². The minimum atomic E-state index is -3.89. The van der Waals surface area contributed by atoms with Gasteiger partial charge >= 0.3 is 6.09 Å². The summed E-state index contributed by atoms with van der Waals surface area (Å²) in [6.45, 7) is 1.37. The van der Waals surface area contributed by atoms with Crippen molar-refractivity contribution in [1.29, 1.82) is 0 Å². The number of anilines is 1. The van der Waals surface area contributed by atoms with E-state index < -0.39 is 22.2 Å². The average molecular weight is 546 g/mol. The van der Waals surface area contributed by atoms with E-state index in [1.54, 1.807) is 12.1 Å². The Hall–Kier alpha value is -2.66. The number of nitrogens with two attached hydrogens (primary N) is 1. The van der Waals surface area contributed by atoms with Gasteiger partial charge in [-0.2, -0.15) is 4.31 Å². The van der Waals surface area contributed by atoms with E-state index in [0.717, 1.165) is 31.2 Å². The normalized spacial score (nSPS) is 19.1. The minimum Gasteiger partial charge on any atom is -0.444 e. The lowest BCUT2D eigenvalue weighted by Gasteiger charge is -2.30. The first-order valence-corrected chi connectivity index (χ1v) is 14.9. The molecule has 3 N–H and O–H groups in total. The third-order valence-electron chi connectivity index (χ3n) is 7.20. The van der Waals surface area contributed by atoms with Gasteiger partial charge < -0.3 is 25.2 Å². The number of benzene rings is 2. The van der Waals surface area contributed by atoms with Crippen molar-refractivity contribution in [3.63, 3.8) is 0 Å². The van der Waals surface area contributed by atoms with Crippen LogP contribution >= 0.6 is 0 Å². The van der Waals surface area contributed by atoms with Gasteiger partial charge in [-0.25, -0.2) is 13.2 Å². The van der Waals surface area contributed by atoms with Crippen molar-refractivity contribution in [1.82, 2.24) is 9.21 Å². The highest BCUT2D eigenvalue weighted by Crippen LogP contribution is 2.28. The summed E-state index contributed by atoms with van der Waals surface area (Å²) in [5, 5.41) is 11.1. The van der Waals surface area contributed by atoms with E-state index in [4.69, 9.17) is 15.2 Å². The van der Waals surface area contributed by atoms with Crippen LogP contribution < -0.4 is 5.73 Å². The highest BCUT2D eigenvalue weighted by molar-refractivity contribution is 7.89. The van der Waals surface area contributed by atoms with Gasteiger partial charge in [0.25, 0.3) is 0 Å². The summed E-state index contributed by atoms with van der Waals surface area (Å²) in [5.74, 6) is 0.236. The molecule has 1 aliphatic carbocycles. The fourth-order valence-electron chi connectivity index (χ4n) is 5.11. The van der Waals surface area contributed by atoms with Crippen molar-refractivity contribution in [3.8, 4) is 0 Å². The molecule has 0 unspecified atom stereocenters. The van der Waals surface area contributed by atoms with Gasteiger partial charge in [0.05, 0.1) is 30.8 Å². The molecule has 2 aromatic carbocycles. The maximum absolute atomic E-state index is 13.6. The first-order chi connectivity index (χ1) is 18.3. The molecule has 2 aliphatic rings. The molecule has 10 heteroatoms. The van der Waals surface area contributed by atoms with Crippen LogP contribution in [0.2, 0.25) is 0 Å². The summed E-state index contributed by atoms with van der Waals surface area (Å²) in [6, 6.07) is 16.0. The van der Waals surface area contributed by atoms with E-state index in [2.05, 4.69) is 0 Å². The number of nitrogen functional groups attached to an aromatic ring is 1. The average Bonchev–Trinajstić information content (AvgIpc) is 3.61. The molecule has 1 amide bonds. The van der Waals surface area contributed by atoms with E-state index in [1.807, 2.05) is 30.3 Å². The number of rotatable bonds is 12. The van der Waals surface area contributed by atoms with Crippen LogP contribution in [0.5, 0.6) is 0 Å². The van der Waals surface area contributed by atoms with Crippen molar-refractivity contribution in [2.24, 2.45) is 5.92 Å². The number of sulfonamides is 1. The minimum absolute atomic E-state index is 0.0488. The number of ether oxygens (including phenoxy) is 2. The van der Waals surface area contributed by atoms with Gasteiger partial charge in [0, 0.05) is 31.7 Å². The molecule has 0 radical (unpaired) electrons. The maximum Gasteiger partial charge on any atom is 0.410 e. The third-order valence-corrected chi connectivity index (χ3v) is 9.03. The van der Waals surface area contributed by atoms with Crippen LogP contribution in [-0.4, -0.2) is 80.4 Å². The van der Waals surface area contributed by atoms with Crippen molar-refractivity contribution in [2.75, 3.05) is 45.1 Å². The summed E-state index contributed by atoms with van der Waals surface area (Å²) in [6.07, 6.45) is 3.32. The third kappa shape index (κ3) is 7.92. The predicted octanol–water partition coefficient (Wildman–Crippen LogP) is 3.28. The molecule has 0 aromatic heterocycles. The monoisotopic (exact) mass is 545 g/mol. The van der Waals surface area contributed by atoms with Crippen molar-refractivity contribution in [2.45, 2.75) is 55.6 Å². The SMILES string of the molecule is Nc1cccc(S(=O)(=O)N(CC2CCCC2)C[C@@H](O)CN(CCc2ccccc2)C(=O)O[C@H]2CCOC2)c1. The second kappa shape index (κ2) is 13.4.